The average molecular weight is 547 g/mol. The first kappa shape index (κ1) is 29.8. The molecule has 5 rings (SSSR count). The molecule has 0 amide bonds. The van der Waals surface area contributed by atoms with Gasteiger partial charge in [0.25, 0.3) is 0 Å². The fourth-order valence-electron chi connectivity index (χ4n) is 11.4. The molecule has 5 aliphatic carbocycles. The van der Waals surface area contributed by atoms with Gasteiger partial charge in [-0.15, -0.1) is 0 Å². The molecule has 9 unspecified atom stereocenters. The summed E-state index contributed by atoms with van der Waals surface area (Å²) >= 11 is 0. The zero-order valence-corrected chi connectivity index (χ0v) is 26.5. The van der Waals surface area contributed by atoms with E-state index in [0.717, 1.165) is 30.8 Å². The quantitative estimate of drug-likeness (QED) is 0.206. The van der Waals surface area contributed by atoms with Gasteiger partial charge in [-0.05, 0) is 124 Å². The zero-order chi connectivity index (χ0) is 28.4. The molecule has 2 spiro atoms. The largest absolute Gasteiger partial charge is 0.460 e. The second-order valence-electron chi connectivity index (χ2n) is 15.1. The highest BCUT2D eigenvalue weighted by molar-refractivity contribution is 5.66. The molecule has 0 bridgehead atoms. The summed E-state index contributed by atoms with van der Waals surface area (Å²) in [7, 11) is 0. The van der Waals surface area contributed by atoms with Gasteiger partial charge in [0.15, 0.2) is 6.29 Å². The fourth-order valence-corrected chi connectivity index (χ4v) is 11.4. The number of esters is 1. The van der Waals surface area contributed by atoms with Crippen LogP contribution in [0.2, 0.25) is 0 Å². The lowest BCUT2D eigenvalue weighted by Gasteiger charge is -2.59. The topological polar surface area (TPSA) is 54.0 Å². The predicted molar refractivity (Wildman–Crippen MR) is 154 cm³/mol. The highest BCUT2D eigenvalue weighted by Crippen LogP contribution is 2.87. The first-order chi connectivity index (χ1) is 18.4. The monoisotopic (exact) mass is 546 g/mol. The third-order valence-electron chi connectivity index (χ3n) is 13.3. The summed E-state index contributed by atoms with van der Waals surface area (Å²) in [6.45, 7) is 20.5. The maximum atomic E-state index is 11.6. The Balaban J connectivity index is 1.33. The van der Waals surface area contributed by atoms with Gasteiger partial charge in [0.1, 0.15) is 6.10 Å². The van der Waals surface area contributed by atoms with Crippen LogP contribution in [0.1, 0.15) is 127 Å². The number of ether oxygens (including phenoxy) is 4. The smallest absolute Gasteiger partial charge is 0.302 e. The van der Waals surface area contributed by atoms with Gasteiger partial charge in [-0.3, -0.25) is 4.79 Å². The highest BCUT2D eigenvalue weighted by atomic mass is 16.7. The Hall–Kier alpha value is -0.650. The van der Waals surface area contributed by atoms with Crippen molar-refractivity contribution in [1.82, 2.24) is 0 Å². The molecule has 0 N–H and O–H groups in total. The summed E-state index contributed by atoms with van der Waals surface area (Å²) in [5.41, 5.74) is 1.60. The summed E-state index contributed by atoms with van der Waals surface area (Å²) < 4.78 is 24.9. The van der Waals surface area contributed by atoms with Crippen LogP contribution < -0.4 is 0 Å². The second-order valence-corrected chi connectivity index (χ2v) is 15.1. The molecule has 39 heavy (non-hydrogen) atoms. The Morgan fingerprint density at radius 1 is 0.897 bits per heavy atom. The molecular weight excluding hydrogens is 488 g/mol. The Morgan fingerprint density at radius 2 is 1.64 bits per heavy atom. The van der Waals surface area contributed by atoms with Gasteiger partial charge in [-0.2, -0.15) is 0 Å². The van der Waals surface area contributed by atoms with Gasteiger partial charge >= 0.3 is 5.97 Å². The number of hydrogen-bond donors (Lipinski definition) is 0. The van der Waals surface area contributed by atoms with E-state index in [4.69, 9.17) is 18.9 Å². The molecule has 5 heteroatoms. The van der Waals surface area contributed by atoms with E-state index in [1.165, 1.54) is 64.7 Å². The molecule has 0 heterocycles. The standard InChI is InChI=1S/C34H58O5/c1-10-24-27(38-22(5)21(4)37-23(6)35)19-26-25-13-14-28-31(7,8)29(39-30(11-2)36-12-3)15-16-34(28)20-33(25,34)18-17-32(24,26)9/h21-22,24-30H,10-20H2,1-9H3/t21-,22?,24?,25?,26?,27?,28?,29+,30?,32?,33+,34?/m1/s1. The molecule has 0 aromatic rings. The Morgan fingerprint density at radius 3 is 2.28 bits per heavy atom. The van der Waals surface area contributed by atoms with Gasteiger partial charge in [-0.1, -0.05) is 41.0 Å². The molecule has 0 saturated heterocycles. The number of carbonyl (C=O) groups excluding carboxylic acids is 1. The Kier molecular flexibility index (Phi) is 8.08. The van der Waals surface area contributed by atoms with Crippen LogP contribution in [0.3, 0.4) is 0 Å². The van der Waals surface area contributed by atoms with Crippen LogP contribution in [-0.2, 0) is 23.7 Å². The summed E-state index contributed by atoms with van der Waals surface area (Å²) in [5.74, 6) is 2.70. The van der Waals surface area contributed by atoms with Crippen molar-refractivity contribution >= 4 is 5.97 Å². The van der Waals surface area contributed by atoms with Crippen LogP contribution in [0.15, 0.2) is 0 Å². The van der Waals surface area contributed by atoms with E-state index in [-0.39, 0.29) is 36.0 Å². The van der Waals surface area contributed by atoms with Gasteiger partial charge in [-0.25, -0.2) is 0 Å². The van der Waals surface area contributed by atoms with Crippen LogP contribution >= 0.6 is 0 Å². The molecule has 5 fully saturated rings. The van der Waals surface area contributed by atoms with E-state index >= 15 is 0 Å². The van der Waals surface area contributed by atoms with E-state index in [1.807, 2.05) is 6.92 Å². The molecular formula is C34H58O5. The molecule has 5 saturated carbocycles. The first-order valence-electron chi connectivity index (χ1n) is 16.5. The summed E-state index contributed by atoms with van der Waals surface area (Å²) in [4.78, 5) is 11.6. The van der Waals surface area contributed by atoms with E-state index < -0.39 is 0 Å². The van der Waals surface area contributed by atoms with E-state index in [2.05, 4.69) is 48.5 Å². The Bertz CT molecular complexity index is 902. The number of carbonyl (C=O) groups is 1. The molecule has 0 aromatic heterocycles. The molecule has 12 atom stereocenters. The zero-order valence-electron chi connectivity index (χ0n) is 26.5. The second kappa shape index (κ2) is 10.6. The van der Waals surface area contributed by atoms with Crippen molar-refractivity contribution in [2.24, 2.45) is 45.3 Å². The summed E-state index contributed by atoms with van der Waals surface area (Å²) in [6, 6.07) is 0. The minimum absolute atomic E-state index is 0.0689. The minimum Gasteiger partial charge on any atom is -0.460 e. The Labute approximate surface area is 238 Å². The van der Waals surface area contributed by atoms with Crippen molar-refractivity contribution in [2.45, 2.75) is 157 Å². The highest BCUT2D eigenvalue weighted by Gasteiger charge is 2.80. The van der Waals surface area contributed by atoms with Crippen molar-refractivity contribution in [3.8, 4) is 0 Å². The molecule has 5 aliphatic rings. The number of rotatable bonds is 10. The van der Waals surface area contributed by atoms with E-state index in [0.29, 0.717) is 28.3 Å². The van der Waals surface area contributed by atoms with Gasteiger partial charge < -0.3 is 18.9 Å². The van der Waals surface area contributed by atoms with E-state index in [1.54, 1.807) is 0 Å². The maximum Gasteiger partial charge on any atom is 0.302 e. The van der Waals surface area contributed by atoms with Crippen LogP contribution in [0.25, 0.3) is 0 Å². The summed E-state index contributed by atoms with van der Waals surface area (Å²) in [6.07, 6.45) is 12.9. The maximum absolute atomic E-state index is 11.6. The summed E-state index contributed by atoms with van der Waals surface area (Å²) in [5, 5.41) is 0. The average Bonchev–Trinajstić information content (AvgIpc) is 3.45. The number of hydrogen-bond acceptors (Lipinski definition) is 5. The van der Waals surface area contributed by atoms with Gasteiger partial charge in [0, 0.05) is 13.5 Å². The third kappa shape index (κ3) is 4.54. The lowest BCUT2D eigenvalue weighted by atomic mass is 9.46. The number of fused-ring (bicyclic) bond motifs is 2. The van der Waals surface area contributed by atoms with Crippen LogP contribution in [0, 0.1) is 45.3 Å². The SMILES string of the molecule is CCOC(CC)O[C@H]1CCC23C[C@]24CCC2(C)C(CC)C(OC(C)[C@@H](C)OC(C)=O)CC2C4CCC3C1(C)C. The normalized spacial score (nSPS) is 46.2. The minimum atomic E-state index is -0.221. The molecule has 0 aromatic carbocycles. The van der Waals surface area contributed by atoms with Crippen LogP contribution in [0.5, 0.6) is 0 Å². The van der Waals surface area contributed by atoms with E-state index in [9.17, 15) is 4.79 Å². The van der Waals surface area contributed by atoms with Gasteiger partial charge in [0.05, 0.1) is 18.3 Å². The predicted octanol–water partition coefficient (Wildman–Crippen LogP) is 7.94. The lowest BCUT2D eigenvalue weighted by Crippen LogP contribution is -2.55. The molecule has 0 aliphatic heterocycles. The van der Waals surface area contributed by atoms with Crippen molar-refractivity contribution in [1.29, 1.82) is 0 Å². The molecule has 0 radical (unpaired) electrons. The van der Waals surface area contributed by atoms with Crippen molar-refractivity contribution in [2.75, 3.05) is 6.61 Å². The van der Waals surface area contributed by atoms with Crippen LogP contribution in [-0.4, -0.2) is 43.3 Å². The van der Waals surface area contributed by atoms with Crippen molar-refractivity contribution in [3.63, 3.8) is 0 Å². The van der Waals surface area contributed by atoms with Gasteiger partial charge in [0.2, 0.25) is 0 Å². The lowest BCUT2D eigenvalue weighted by molar-refractivity contribution is -0.226. The molecule has 224 valence electrons. The van der Waals surface area contributed by atoms with Crippen molar-refractivity contribution in [3.05, 3.63) is 0 Å². The van der Waals surface area contributed by atoms with Crippen molar-refractivity contribution < 1.29 is 23.7 Å². The third-order valence-corrected chi connectivity index (χ3v) is 13.3. The fraction of sp³-hybridized carbons (Fsp3) is 0.971. The first-order valence-corrected chi connectivity index (χ1v) is 16.5. The van der Waals surface area contributed by atoms with Crippen LogP contribution in [0.4, 0.5) is 0 Å². The molecule has 5 nitrogen and oxygen atoms in total.